The van der Waals surface area contributed by atoms with Gasteiger partial charge >= 0.3 is 0 Å². The lowest BCUT2D eigenvalue weighted by molar-refractivity contribution is 0.667. The van der Waals surface area contributed by atoms with E-state index in [2.05, 4.69) is 29.0 Å². The van der Waals surface area contributed by atoms with E-state index in [-0.39, 0.29) is 0 Å². The van der Waals surface area contributed by atoms with Gasteiger partial charge in [-0.1, -0.05) is 18.2 Å². The minimum Gasteiger partial charge on any atom is -0.362 e. The van der Waals surface area contributed by atoms with Crippen LogP contribution in [0.1, 0.15) is 26.2 Å². The number of thioether (sulfide) groups is 2. The van der Waals surface area contributed by atoms with E-state index in [0.29, 0.717) is 6.04 Å². The molecule has 80 valence electrons. The number of nitrogens with one attached hydrogen (secondary N) is 1. The topological polar surface area (TPSA) is 24.4 Å². The Kier molecular flexibility index (Phi) is 4.05. The summed E-state index contributed by atoms with van der Waals surface area (Å²) in [5, 5.41) is 5.35. The van der Waals surface area contributed by atoms with Gasteiger partial charge in [0.05, 0.1) is 6.54 Å². The van der Waals surface area contributed by atoms with Crippen LogP contribution in [0, 0.1) is 0 Å². The van der Waals surface area contributed by atoms with Crippen molar-refractivity contribution in [2.24, 2.45) is 4.99 Å². The zero-order valence-corrected chi connectivity index (χ0v) is 10.3. The van der Waals surface area contributed by atoms with Crippen molar-refractivity contribution >= 4 is 28.7 Å². The molecule has 2 aliphatic rings. The first kappa shape index (κ1) is 10.7. The first-order valence-electron chi connectivity index (χ1n) is 5.40. The Morgan fingerprint density at radius 3 is 3.07 bits per heavy atom. The molecule has 0 aliphatic carbocycles. The molecule has 4 heteroatoms. The Morgan fingerprint density at radius 1 is 1.50 bits per heavy atom. The van der Waals surface area contributed by atoms with Crippen molar-refractivity contribution in [1.29, 1.82) is 0 Å². The highest BCUT2D eigenvalue weighted by atomic mass is 32.2. The van der Waals surface area contributed by atoms with Gasteiger partial charge in [0.15, 0.2) is 5.17 Å². The highest BCUT2D eigenvalue weighted by molar-refractivity contribution is 8.14. The van der Waals surface area contributed by atoms with Gasteiger partial charge in [0.2, 0.25) is 0 Å². The molecule has 0 aromatic heterocycles. The standard InChI is InChI=1S/C10H18N2S2/c1-8-7-14-10(12-8)11-6-9-4-2-3-5-13-9/h8-9H,2-7H2,1H3,(H,11,12). The monoisotopic (exact) mass is 230 g/mol. The van der Waals surface area contributed by atoms with Gasteiger partial charge in [0.1, 0.15) is 0 Å². The third-order valence-electron chi connectivity index (χ3n) is 2.55. The highest BCUT2D eigenvalue weighted by Gasteiger charge is 2.17. The summed E-state index contributed by atoms with van der Waals surface area (Å²) < 4.78 is 0. The van der Waals surface area contributed by atoms with Crippen molar-refractivity contribution in [1.82, 2.24) is 5.32 Å². The molecule has 0 aromatic carbocycles. The van der Waals surface area contributed by atoms with Crippen LogP contribution in [-0.2, 0) is 0 Å². The molecule has 0 spiro atoms. The summed E-state index contributed by atoms with van der Waals surface area (Å²) >= 11 is 3.97. The summed E-state index contributed by atoms with van der Waals surface area (Å²) in [5.41, 5.74) is 0. The van der Waals surface area contributed by atoms with Crippen LogP contribution >= 0.6 is 23.5 Å². The average Bonchev–Trinajstić information content (AvgIpc) is 2.63. The summed E-state index contributed by atoms with van der Waals surface area (Å²) in [6.07, 6.45) is 4.17. The number of rotatable bonds is 2. The number of aliphatic imine (C=N–C) groups is 1. The average molecular weight is 230 g/mol. The Morgan fingerprint density at radius 2 is 2.43 bits per heavy atom. The summed E-state index contributed by atoms with van der Waals surface area (Å²) in [6, 6.07) is 0.609. The number of nitrogens with zero attached hydrogens (tertiary/aromatic N) is 1. The second-order valence-electron chi connectivity index (χ2n) is 3.99. The third kappa shape index (κ3) is 3.09. The molecule has 2 fully saturated rings. The van der Waals surface area contributed by atoms with Gasteiger partial charge in [-0.05, 0) is 25.5 Å². The normalized spacial score (nSPS) is 35.9. The fraction of sp³-hybridized carbons (Fsp3) is 0.900. The van der Waals surface area contributed by atoms with E-state index < -0.39 is 0 Å². The first-order valence-corrected chi connectivity index (χ1v) is 7.43. The maximum Gasteiger partial charge on any atom is 0.156 e. The van der Waals surface area contributed by atoms with E-state index in [1.54, 1.807) is 0 Å². The summed E-state index contributed by atoms with van der Waals surface area (Å²) in [6.45, 7) is 3.23. The van der Waals surface area contributed by atoms with Gasteiger partial charge in [0, 0.05) is 17.0 Å². The smallest absolute Gasteiger partial charge is 0.156 e. The van der Waals surface area contributed by atoms with E-state index in [0.717, 1.165) is 11.8 Å². The minimum atomic E-state index is 0.609. The molecule has 0 aromatic rings. The SMILES string of the molecule is CC1CSC(=NCC2CCCCS2)N1. The lowest BCUT2D eigenvalue weighted by Gasteiger charge is -2.19. The van der Waals surface area contributed by atoms with Gasteiger partial charge < -0.3 is 5.32 Å². The van der Waals surface area contributed by atoms with E-state index in [1.165, 1.54) is 35.9 Å². The highest BCUT2D eigenvalue weighted by Crippen LogP contribution is 2.25. The van der Waals surface area contributed by atoms with Crippen molar-refractivity contribution in [3.8, 4) is 0 Å². The second kappa shape index (κ2) is 5.31. The van der Waals surface area contributed by atoms with Crippen molar-refractivity contribution in [3.05, 3.63) is 0 Å². The van der Waals surface area contributed by atoms with E-state index in [9.17, 15) is 0 Å². The number of amidine groups is 1. The molecule has 2 nitrogen and oxygen atoms in total. The molecule has 2 atom stereocenters. The Bertz CT molecular complexity index is 212. The van der Waals surface area contributed by atoms with Crippen LogP contribution in [0.15, 0.2) is 4.99 Å². The van der Waals surface area contributed by atoms with Gasteiger partial charge in [-0.3, -0.25) is 4.99 Å². The summed E-state index contributed by atoms with van der Waals surface area (Å²) in [5.74, 6) is 2.52. The van der Waals surface area contributed by atoms with Crippen molar-refractivity contribution < 1.29 is 0 Å². The van der Waals surface area contributed by atoms with Crippen LogP contribution in [0.4, 0.5) is 0 Å². The second-order valence-corrected chi connectivity index (χ2v) is 6.41. The minimum absolute atomic E-state index is 0.609. The van der Waals surface area contributed by atoms with Crippen LogP contribution in [0.3, 0.4) is 0 Å². The molecular formula is C10H18N2S2. The molecule has 0 bridgehead atoms. The summed E-state index contributed by atoms with van der Waals surface area (Å²) in [7, 11) is 0. The molecule has 0 amide bonds. The van der Waals surface area contributed by atoms with Crippen molar-refractivity contribution in [2.45, 2.75) is 37.5 Å². The molecule has 14 heavy (non-hydrogen) atoms. The van der Waals surface area contributed by atoms with Crippen molar-refractivity contribution in [3.63, 3.8) is 0 Å². The van der Waals surface area contributed by atoms with Crippen molar-refractivity contribution in [2.75, 3.05) is 18.1 Å². The van der Waals surface area contributed by atoms with Crippen LogP contribution < -0.4 is 5.32 Å². The molecular weight excluding hydrogens is 212 g/mol. The number of hydrogen-bond acceptors (Lipinski definition) is 3. The molecule has 2 aliphatic heterocycles. The summed E-state index contributed by atoms with van der Waals surface area (Å²) in [4.78, 5) is 4.64. The van der Waals surface area contributed by atoms with Crippen LogP contribution in [0.2, 0.25) is 0 Å². The van der Waals surface area contributed by atoms with Crippen LogP contribution in [-0.4, -0.2) is 34.5 Å². The van der Waals surface area contributed by atoms with Gasteiger partial charge in [-0.2, -0.15) is 11.8 Å². The predicted molar refractivity (Wildman–Crippen MR) is 67.5 cm³/mol. The molecule has 2 saturated heterocycles. The maximum absolute atomic E-state index is 4.64. The molecule has 2 unspecified atom stereocenters. The van der Waals surface area contributed by atoms with Crippen LogP contribution in [0.5, 0.6) is 0 Å². The molecule has 2 heterocycles. The Labute approximate surface area is 94.7 Å². The van der Waals surface area contributed by atoms with Crippen LogP contribution in [0.25, 0.3) is 0 Å². The Balaban J connectivity index is 1.74. The molecule has 0 saturated carbocycles. The quantitative estimate of drug-likeness (QED) is 0.788. The van der Waals surface area contributed by atoms with Gasteiger partial charge in [-0.25, -0.2) is 0 Å². The van der Waals surface area contributed by atoms with E-state index >= 15 is 0 Å². The number of hydrogen-bond donors (Lipinski definition) is 1. The Hall–Kier alpha value is 0.170. The lowest BCUT2D eigenvalue weighted by atomic mass is 10.2. The molecule has 0 radical (unpaired) electrons. The zero-order chi connectivity index (χ0) is 9.80. The fourth-order valence-electron chi connectivity index (χ4n) is 1.73. The largest absolute Gasteiger partial charge is 0.362 e. The first-order chi connectivity index (χ1) is 6.84. The third-order valence-corrected chi connectivity index (χ3v) is 5.12. The molecule has 1 N–H and O–H groups in total. The fourth-order valence-corrected chi connectivity index (χ4v) is 3.88. The lowest BCUT2D eigenvalue weighted by Crippen LogP contribution is -2.24. The van der Waals surface area contributed by atoms with E-state index in [4.69, 9.17) is 0 Å². The van der Waals surface area contributed by atoms with Gasteiger partial charge in [-0.15, -0.1) is 0 Å². The maximum atomic E-state index is 4.64. The van der Waals surface area contributed by atoms with Gasteiger partial charge in [0.25, 0.3) is 0 Å². The van der Waals surface area contributed by atoms with E-state index in [1.807, 2.05) is 11.8 Å². The predicted octanol–water partition coefficient (Wildman–Crippen LogP) is 2.35. The zero-order valence-electron chi connectivity index (χ0n) is 8.66. The molecule has 2 rings (SSSR count).